The summed E-state index contributed by atoms with van der Waals surface area (Å²) >= 11 is 0. The largest absolute Gasteiger partial charge is 0.0885 e. The van der Waals surface area contributed by atoms with Gasteiger partial charge in [-0.25, -0.2) is 0 Å². The highest BCUT2D eigenvalue weighted by molar-refractivity contribution is 4.88. The molecule has 0 saturated heterocycles. The number of allylic oxidation sites excluding steroid dienone is 4. The maximum Gasteiger partial charge on any atom is -0.0316 e. The van der Waals surface area contributed by atoms with Crippen molar-refractivity contribution >= 4 is 0 Å². The van der Waals surface area contributed by atoms with Crippen molar-refractivity contribution in [3.05, 3.63) is 24.3 Å². The van der Waals surface area contributed by atoms with Crippen LogP contribution in [0.25, 0.3) is 0 Å². The van der Waals surface area contributed by atoms with E-state index in [2.05, 4.69) is 38.2 Å². The molecule has 0 radical (unpaired) electrons. The van der Waals surface area contributed by atoms with Crippen LogP contribution in [-0.2, 0) is 0 Å². The van der Waals surface area contributed by atoms with Crippen molar-refractivity contribution in [3.63, 3.8) is 0 Å². The van der Waals surface area contributed by atoms with Crippen molar-refractivity contribution in [3.8, 4) is 0 Å². The SMILES string of the molecule is CCCCCCCCC=CCCC=CCCCCCCCCCCCCC. The average molecular weight is 377 g/mol. The summed E-state index contributed by atoms with van der Waals surface area (Å²) in [7, 11) is 0. The fourth-order valence-corrected chi connectivity index (χ4v) is 3.63. The third-order valence-corrected chi connectivity index (χ3v) is 5.53. The van der Waals surface area contributed by atoms with Gasteiger partial charge in [0.15, 0.2) is 0 Å². The average Bonchev–Trinajstić information content (AvgIpc) is 2.68. The lowest BCUT2D eigenvalue weighted by molar-refractivity contribution is 0.550. The molecular weight excluding hydrogens is 324 g/mol. The lowest BCUT2D eigenvalue weighted by atomic mass is 10.1. The zero-order valence-corrected chi connectivity index (χ0v) is 19.2. The van der Waals surface area contributed by atoms with E-state index in [4.69, 9.17) is 0 Å². The Balaban J connectivity index is 3.13. The molecule has 0 atom stereocenters. The van der Waals surface area contributed by atoms with Crippen molar-refractivity contribution in [2.75, 3.05) is 0 Å². The maximum atomic E-state index is 2.41. The van der Waals surface area contributed by atoms with Crippen molar-refractivity contribution in [1.82, 2.24) is 0 Å². The van der Waals surface area contributed by atoms with Gasteiger partial charge < -0.3 is 0 Å². The van der Waals surface area contributed by atoms with Crippen LogP contribution in [0.4, 0.5) is 0 Å². The molecule has 160 valence electrons. The first-order valence-electron chi connectivity index (χ1n) is 12.7. The molecule has 0 spiro atoms. The highest BCUT2D eigenvalue weighted by atomic mass is 14.0. The number of unbranched alkanes of at least 4 members (excludes halogenated alkanes) is 18. The Morgan fingerprint density at radius 2 is 0.556 bits per heavy atom. The van der Waals surface area contributed by atoms with Crippen molar-refractivity contribution in [2.24, 2.45) is 0 Å². The molecule has 0 amide bonds. The van der Waals surface area contributed by atoms with Crippen LogP contribution in [-0.4, -0.2) is 0 Å². The molecule has 0 saturated carbocycles. The Morgan fingerprint density at radius 1 is 0.296 bits per heavy atom. The molecule has 0 unspecified atom stereocenters. The van der Waals surface area contributed by atoms with Crippen LogP contribution in [0, 0.1) is 0 Å². The monoisotopic (exact) mass is 376 g/mol. The predicted octanol–water partition coefficient (Wildman–Crippen LogP) is 10.3. The van der Waals surface area contributed by atoms with Gasteiger partial charge >= 0.3 is 0 Å². The third-order valence-electron chi connectivity index (χ3n) is 5.53. The Morgan fingerprint density at radius 3 is 0.889 bits per heavy atom. The van der Waals surface area contributed by atoms with E-state index in [0.29, 0.717) is 0 Å². The molecule has 0 rings (SSSR count). The Labute approximate surface area is 173 Å². The summed E-state index contributed by atoms with van der Waals surface area (Å²) in [6.45, 7) is 4.58. The van der Waals surface area contributed by atoms with E-state index < -0.39 is 0 Å². The number of hydrogen-bond acceptors (Lipinski definition) is 0. The normalized spacial score (nSPS) is 11.9. The molecule has 0 N–H and O–H groups in total. The van der Waals surface area contributed by atoms with Crippen molar-refractivity contribution in [1.29, 1.82) is 0 Å². The number of rotatable bonds is 22. The van der Waals surface area contributed by atoms with E-state index in [1.54, 1.807) is 0 Å². The molecule has 0 heterocycles. The smallest absolute Gasteiger partial charge is 0.0316 e. The fourth-order valence-electron chi connectivity index (χ4n) is 3.63. The first-order valence-corrected chi connectivity index (χ1v) is 12.7. The van der Waals surface area contributed by atoms with Crippen LogP contribution in [0.15, 0.2) is 24.3 Å². The van der Waals surface area contributed by atoms with Crippen LogP contribution < -0.4 is 0 Å². The van der Waals surface area contributed by atoms with Gasteiger partial charge in [-0.1, -0.05) is 134 Å². The second-order valence-electron chi connectivity index (χ2n) is 8.40. The first-order chi connectivity index (χ1) is 13.4. The molecule has 0 bridgehead atoms. The molecule has 0 aliphatic heterocycles. The minimum absolute atomic E-state index is 1.23. The zero-order valence-electron chi connectivity index (χ0n) is 19.2. The predicted molar refractivity (Wildman–Crippen MR) is 127 cm³/mol. The van der Waals surface area contributed by atoms with Crippen LogP contribution in [0.3, 0.4) is 0 Å². The molecule has 0 aliphatic rings. The molecule has 0 fully saturated rings. The first kappa shape index (κ1) is 26.5. The van der Waals surface area contributed by atoms with Crippen molar-refractivity contribution < 1.29 is 0 Å². The Kier molecular flexibility index (Phi) is 25.0. The van der Waals surface area contributed by atoms with Gasteiger partial charge in [0.1, 0.15) is 0 Å². The summed E-state index contributed by atoms with van der Waals surface area (Å²) in [6.07, 6.45) is 38.9. The molecule has 0 aromatic carbocycles. The van der Waals surface area contributed by atoms with E-state index in [-0.39, 0.29) is 0 Å². The van der Waals surface area contributed by atoms with Crippen LogP contribution in [0.1, 0.15) is 149 Å². The van der Waals surface area contributed by atoms with Gasteiger partial charge in [-0.15, -0.1) is 0 Å². The highest BCUT2D eigenvalue weighted by Gasteiger charge is 1.92. The molecule has 0 nitrogen and oxygen atoms in total. The second kappa shape index (κ2) is 25.5. The van der Waals surface area contributed by atoms with E-state index in [1.165, 1.54) is 135 Å². The van der Waals surface area contributed by atoms with E-state index >= 15 is 0 Å². The molecular formula is C27H52. The van der Waals surface area contributed by atoms with Crippen LogP contribution >= 0.6 is 0 Å². The van der Waals surface area contributed by atoms with Gasteiger partial charge in [-0.3, -0.25) is 0 Å². The van der Waals surface area contributed by atoms with Gasteiger partial charge in [-0.2, -0.15) is 0 Å². The minimum Gasteiger partial charge on any atom is -0.0885 e. The summed E-state index contributed by atoms with van der Waals surface area (Å²) in [5.41, 5.74) is 0. The topological polar surface area (TPSA) is 0 Å². The summed E-state index contributed by atoms with van der Waals surface area (Å²) < 4.78 is 0. The summed E-state index contributed by atoms with van der Waals surface area (Å²) in [6, 6.07) is 0. The Hall–Kier alpha value is -0.520. The number of hydrogen-bond donors (Lipinski definition) is 0. The molecule has 0 aromatic heterocycles. The lowest BCUT2D eigenvalue weighted by Crippen LogP contribution is -1.82. The summed E-state index contributed by atoms with van der Waals surface area (Å²) in [5, 5.41) is 0. The summed E-state index contributed by atoms with van der Waals surface area (Å²) in [4.78, 5) is 0. The highest BCUT2D eigenvalue weighted by Crippen LogP contribution is 2.12. The Bertz CT molecular complexity index is 299. The quantitative estimate of drug-likeness (QED) is 0.130. The zero-order chi connectivity index (χ0) is 19.7. The van der Waals surface area contributed by atoms with Crippen LogP contribution in [0.5, 0.6) is 0 Å². The standard InChI is InChI=1S/C27H52/c1-3-5-7-9-11-13-15-17-19-21-23-25-27-26-24-22-20-18-16-14-12-10-8-6-4-2/h17,19,25,27H,3-16,18,20-24,26H2,1-2H3. The molecule has 27 heavy (non-hydrogen) atoms. The summed E-state index contributed by atoms with van der Waals surface area (Å²) in [5.74, 6) is 0. The second-order valence-corrected chi connectivity index (χ2v) is 8.40. The van der Waals surface area contributed by atoms with E-state index in [1.807, 2.05) is 0 Å². The molecule has 0 aliphatic carbocycles. The van der Waals surface area contributed by atoms with Crippen LogP contribution in [0.2, 0.25) is 0 Å². The van der Waals surface area contributed by atoms with Gasteiger partial charge in [0.25, 0.3) is 0 Å². The van der Waals surface area contributed by atoms with Crippen molar-refractivity contribution in [2.45, 2.75) is 149 Å². The van der Waals surface area contributed by atoms with Gasteiger partial charge in [0, 0.05) is 0 Å². The molecule has 0 heteroatoms. The van der Waals surface area contributed by atoms with E-state index in [9.17, 15) is 0 Å². The van der Waals surface area contributed by atoms with Gasteiger partial charge in [0.05, 0.1) is 0 Å². The van der Waals surface area contributed by atoms with Gasteiger partial charge in [-0.05, 0) is 38.5 Å². The van der Waals surface area contributed by atoms with E-state index in [0.717, 1.165) is 0 Å². The minimum atomic E-state index is 1.23. The third kappa shape index (κ3) is 25.5. The lowest BCUT2D eigenvalue weighted by Gasteiger charge is -2.01. The van der Waals surface area contributed by atoms with Gasteiger partial charge in [0.2, 0.25) is 0 Å². The maximum absolute atomic E-state index is 2.41. The molecule has 0 aromatic rings. The fraction of sp³-hybridized carbons (Fsp3) is 0.852.